The lowest BCUT2D eigenvalue weighted by Crippen LogP contribution is -2.29. The van der Waals surface area contributed by atoms with Crippen molar-refractivity contribution in [2.75, 3.05) is 11.9 Å². The number of carbonyl (C=O) groups is 4. The number of hydrogen-bond donors (Lipinski definition) is 1. The molecule has 4 rings (SSSR count). The molecule has 0 unspecified atom stereocenters. The molecule has 35 heavy (non-hydrogen) atoms. The van der Waals surface area contributed by atoms with E-state index in [-0.39, 0.29) is 28.5 Å². The van der Waals surface area contributed by atoms with E-state index in [1.54, 1.807) is 36.4 Å². The Morgan fingerprint density at radius 3 is 2.31 bits per heavy atom. The number of esters is 1. The molecule has 0 radical (unpaired) electrons. The zero-order valence-electron chi connectivity index (χ0n) is 17.9. The normalized spacial score (nSPS) is 12.3. The van der Waals surface area contributed by atoms with Crippen LogP contribution >= 0.6 is 11.6 Å². The van der Waals surface area contributed by atoms with E-state index in [2.05, 4.69) is 5.32 Å². The van der Waals surface area contributed by atoms with Crippen molar-refractivity contribution in [2.24, 2.45) is 0 Å². The molecule has 0 aromatic heterocycles. The van der Waals surface area contributed by atoms with Gasteiger partial charge in [-0.05, 0) is 35.9 Å². The van der Waals surface area contributed by atoms with Crippen molar-refractivity contribution in [3.8, 4) is 0 Å². The average Bonchev–Trinajstić information content (AvgIpc) is 3.09. The first-order valence-corrected chi connectivity index (χ1v) is 10.6. The molecule has 0 saturated heterocycles. The van der Waals surface area contributed by atoms with Gasteiger partial charge in [0, 0.05) is 12.1 Å². The van der Waals surface area contributed by atoms with Crippen LogP contribution in [0.4, 0.5) is 11.4 Å². The van der Waals surface area contributed by atoms with E-state index >= 15 is 0 Å². The zero-order chi connectivity index (χ0) is 25.1. The van der Waals surface area contributed by atoms with Crippen LogP contribution in [0.3, 0.4) is 0 Å². The van der Waals surface area contributed by atoms with Crippen molar-refractivity contribution in [2.45, 2.75) is 6.54 Å². The summed E-state index contributed by atoms with van der Waals surface area (Å²) < 4.78 is 5.02. The van der Waals surface area contributed by atoms with Crippen LogP contribution in [-0.2, 0) is 16.1 Å². The summed E-state index contributed by atoms with van der Waals surface area (Å²) in [6, 6.07) is 16.2. The van der Waals surface area contributed by atoms with E-state index in [1.165, 1.54) is 24.3 Å². The highest BCUT2D eigenvalue weighted by Gasteiger charge is 2.35. The number of ether oxygens (including phenoxy) is 1. The Bertz CT molecular complexity index is 1350. The van der Waals surface area contributed by atoms with Crippen molar-refractivity contribution in [3.63, 3.8) is 0 Å². The lowest BCUT2D eigenvalue weighted by molar-refractivity contribution is -0.384. The van der Waals surface area contributed by atoms with E-state index in [0.717, 1.165) is 11.0 Å². The number of amides is 3. The molecule has 0 spiro atoms. The first kappa shape index (κ1) is 23.6. The van der Waals surface area contributed by atoms with E-state index < -0.39 is 35.2 Å². The first-order chi connectivity index (χ1) is 16.7. The van der Waals surface area contributed by atoms with Crippen molar-refractivity contribution < 1.29 is 28.8 Å². The highest BCUT2D eigenvalue weighted by atomic mass is 35.5. The van der Waals surface area contributed by atoms with Gasteiger partial charge in [-0.15, -0.1) is 0 Å². The second-order valence-corrected chi connectivity index (χ2v) is 7.90. The second kappa shape index (κ2) is 9.74. The Labute approximate surface area is 203 Å². The number of benzene rings is 3. The number of anilines is 1. The SMILES string of the molecule is O=C(COC(=O)c1cccc(CN2C(=O)c3ccccc3C2=O)c1)Nc1cc([N+](=O)[O-])ccc1Cl. The van der Waals surface area contributed by atoms with Crippen LogP contribution in [0.15, 0.2) is 66.7 Å². The van der Waals surface area contributed by atoms with Gasteiger partial charge < -0.3 is 10.1 Å². The summed E-state index contributed by atoms with van der Waals surface area (Å²) in [5.74, 6) is -2.40. The van der Waals surface area contributed by atoms with Crippen LogP contribution < -0.4 is 5.32 Å². The Balaban J connectivity index is 1.38. The monoisotopic (exact) mass is 493 g/mol. The lowest BCUT2D eigenvalue weighted by atomic mass is 10.1. The molecular weight excluding hydrogens is 478 g/mol. The Hall–Kier alpha value is -4.57. The van der Waals surface area contributed by atoms with Gasteiger partial charge in [0.25, 0.3) is 23.4 Å². The number of hydrogen-bond acceptors (Lipinski definition) is 7. The van der Waals surface area contributed by atoms with E-state index in [9.17, 15) is 29.3 Å². The van der Waals surface area contributed by atoms with Gasteiger partial charge in [0.1, 0.15) is 0 Å². The van der Waals surface area contributed by atoms with Gasteiger partial charge in [-0.1, -0.05) is 35.9 Å². The van der Waals surface area contributed by atoms with E-state index in [4.69, 9.17) is 16.3 Å². The molecule has 3 aromatic rings. The molecule has 0 atom stereocenters. The number of nitro benzene ring substituents is 1. The molecule has 11 heteroatoms. The molecule has 0 bridgehead atoms. The number of imide groups is 1. The van der Waals surface area contributed by atoms with Crippen LogP contribution in [0.5, 0.6) is 0 Å². The van der Waals surface area contributed by atoms with Gasteiger partial charge in [-0.2, -0.15) is 0 Å². The molecular formula is C24H16ClN3O7. The van der Waals surface area contributed by atoms with Gasteiger partial charge in [-0.25, -0.2) is 4.79 Å². The predicted molar refractivity (Wildman–Crippen MR) is 124 cm³/mol. The smallest absolute Gasteiger partial charge is 0.338 e. The summed E-state index contributed by atoms with van der Waals surface area (Å²) >= 11 is 5.94. The third kappa shape index (κ3) is 5.02. The van der Waals surface area contributed by atoms with E-state index in [1.807, 2.05) is 0 Å². The maximum absolute atomic E-state index is 12.6. The maximum Gasteiger partial charge on any atom is 0.338 e. The number of halogens is 1. The largest absolute Gasteiger partial charge is 0.452 e. The number of nitrogens with one attached hydrogen (secondary N) is 1. The van der Waals surface area contributed by atoms with Crippen molar-refractivity contribution in [1.29, 1.82) is 0 Å². The summed E-state index contributed by atoms with van der Waals surface area (Å²) in [7, 11) is 0. The lowest BCUT2D eigenvalue weighted by Gasteiger charge is -2.14. The van der Waals surface area contributed by atoms with Gasteiger partial charge in [0.05, 0.1) is 38.9 Å². The molecule has 1 N–H and O–H groups in total. The summed E-state index contributed by atoms with van der Waals surface area (Å²) in [4.78, 5) is 61.1. The first-order valence-electron chi connectivity index (χ1n) is 10.2. The van der Waals surface area contributed by atoms with Crippen molar-refractivity contribution in [1.82, 2.24) is 4.90 Å². The number of nitrogens with zero attached hydrogens (tertiary/aromatic N) is 2. The van der Waals surface area contributed by atoms with Crippen molar-refractivity contribution in [3.05, 3.63) is 104 Å². The minimum atomic E-state index is -0.811. The number of carbonyl (C=O) groups excluding carboxylic acids is 4. The fraction of sp³-hybridized carbons (Fsp3) is 0.0833. The third-order valence-electron chi connectivity index (χ3n) is 5.15. The molecule has 0 saturated carbocycles. The standard InChI is InChI=1S/C24H16ClN3O7/c25-19-9-8-16(28(33)34)11-20(19)26-21(29)13-35-24(32)15-5-3-4-14(10-15)12-27-22(30)17-6-1-2-7-18(17)23(27)31/h1-11H,12-13H2,(H,26,29). The summed E-state index contributed by atoms with van der Waals surface area (Å²) in [5.41, 5.74) is 1.01. The number of fused-ring (bicyclic) bond motifs is 1. The summed E-state index contributed by atoms with van der Waals surface area (Å²) in [6.45, 7) is -0.709. The molecule has 3 amide bonds. The van der Waals surface area contributed by atoms with Crippen LogP contribution in [0, 0.1) is 10.1 Å². The van der Waals surface area contributed by atoms with Crippen LogP contribution in [0.25, 0.3) is 0 Å². The van der Waals surface area contributed by atoms with E-state index in [0.29, 0.717) is 16.7 Å². The minimum Gasteiger partial charge on any atom is -0.452 e. The van der Waals surface area contributed by atoms with Gasteiger partial charge in [0.15, 0.2) is 6.61 Å². The van der Waals surface area contributed by atoms with Crippen LogP contribution in [-0.4, -0.2) is 40.1 Å². The molecule has 1 aliphatic rings. The Morgan fingerprint density at radius 2 is 1.66 bits per heavy atom. The quantitative estimate of drug-likeness (QED) is 0.228. The highest BCUT2D eigenvalue weighted by molar-refractivity contribution is 6.33. The molecule has 1 aliphatic heterocycles. The third-order valence-corrected chi connectivity index (χ3v) is 5.48. The second-order valence-electron chi connectivity index (χ2n) is 7.49. The zero-order valence-corrected chi connectivity index (χ0v) is 18.7. The topological polar surface area (TPSA) is 136 Å². The number of rotatable bonds is 7. The van der Waals surface area contributed by atoms with Crippen LogP contribution in [0.2, 0.25) is 5.02 Å². The molecule has 10 nitrogen and oxygen atoms in total. The van der Waals surface area contributed by atoms with Crippen LogP contribution in [0.1, 0.15) is 36.6 Å². The maximum atomic E-state index is 12.6. The Morgan fingerprint density at radius 1 is 0.971 bits per heavy atom. The summed E-state index contributed by atoms with van der Waals surface area (Å²) in [6.07, 6.45) is 0. The molecule has 176 valence electrons. The van der Waals surface area contributed by atoms with Gasteiger partial charge >= 0.3 is 5.97 Å². The summed E-state index contributed by atoms with van der Waals surface area (Å²) in [5, 5.41) is 13.3. The van der Waals surface area contributed by atoms with Crippen molar-refractivity contribution >= 4 is 46.7 Å². The molecule has 3 aromatic carbocycles. The fourth-order valence-corrected chi connectivity index (χ4v) is 3.65. The molecule has 0 fully saturated rings. The Kier molecular flexibility index (Phi) is 6.56. The number of non-ortho nitro benzene ring substituents is 1. The average molecular weight is 494 g/mol. The molecule has 1 heterocycles. The highest BCUT2D eigenvalue weighted by Crippen LogP contribution is 2.27. The number of nitro groups is 1. The predicted octanol–water partition coefficient (Wildman–Crippen LogP) is 3.84. The van der Waals surface area contributed by atoms with Gasteiger partial charge in [-0.3, -0.25) is 29.4 Å². The minimum absolute atomic E-state index is 0.00450. The molecule has 0 aliphatic carbocycles. The fourth-order valence-electron chi connectivity index (χ4n) is 3.49. The van der Waals surface area contributed by atoms with Gasteiger partial charge in [0.2, 0.25) is 0 Å².